The standard InChI is InChI=1S/C26H28FN3O4S/c1-17-8-10-23(18(2)16-17)28-26(31)21-12-14-30(15-13-21)35(32,33)25-19(3)29-34-24(25)11-9-20-6-4-5-7-22(20)27/h4-11,16,21H,12-15H2,1-3H3,(H,28,31)/b11-9+. The maximum atomic E-state index is 13.9. The lowest BCUT2D eigenvalue weighted by molar-refractivity contribution is -0.120. The van der Waals surface area contributed by atoms with Crippen LogP contribution in [-0.2, 0) is 14.8 Å². The number of carbonyl (C=O) groups excluding carboxylic acids is 1. The zero-order chi connectivity index (χ0) is 25.2. The molecule has 35 heavy (non-hydrogen) atoms. The molecule has 1 amide bonds. The van der Waals surface area contributed by atoms with E-state index < -0.39 is 15.8 Å². The number of nitrogens with zero attached hydrogens (tertiary/aromatic N) is 2. The first-order valence-corrected chi connectivity index (χ1v) is 12.9. The van der Waals surface area contributed by atoms with Gasteiger partial charge in [-0.3, -0.25) is 4.79 Å². The van der Waals surface area contributed by atoms with Crippen LogP contribution >= 0.6 is 0 Å². The largest absolute Gasteiger partial charge is 0.355 e. The molecule has 184 valence electrons. The Kier molecular flexibility index (Phi) is 7.18. The van der Waals surface area contributed by atoms with E-state index in [2.05, 4.69) is 10.5 Å². The Morgan fingerprint density at radius 2 is 1.83 bits per heavy atom. The quantitative estimate of drug-likeness (QED) is 0.520. The number of carbonyl (C=O) groups is 1. The van der Waals surface area contributed by atoms with Gasteiger partial charge < -0.3 is 9.84 Å². The average molecular weight is 498 g/mol. The zero-order valence-electron chi connectivity index (χ0n) is 19.9. The van der Waals surface area contributed by atoms with E-state index in [1.54, 1.807) is 25.1 Å². The van der Waals surface area contributed by atoms with Gasteiger partial charge in [-0.05, 0) is 63.5 Å². The number of benzene rings is 2. The summed E-state index contributed by atoms with van der Waals surface area (Å²) in [4.78, 5) is 12.8. The molecule has 1 aliphatic rings. The normalized spacial score (nSPS) is 15.5. The fraction of sp³-hybridized carbons (Fsp3) is 0.308. The lowest BCUT2D eigenvalue weighted by Gasteiger charge is -2.30. The Morgan fingerprint density at radius 3 is 2.51 bits per heavy atom. The summed E-state index contributed by atoms with van der Waals surface area (Å²) in [7, 11) is -3.91. The van der Waals surface area contributed by atoms with Crippen LogP contribution in [0.1, 0.15) is 41.0 Å². The molecular formula is C26H28FN3O4S. The van der Waals surface area contributed by atoms with Crippen LogP contribution in [-0.4, -0.2) is 36.9 Å². The van der Waals surface area contributed by atoms with Crippen molar-refractivity contribution in [2.45, 2.75) is 38.5 Å². The molecule has 0 unspecified atom stereocenters. The molecule has 2 heterocycles. The number of sulfonamides is 1. The predicted molar refractivity (Wildman–Crippen MR) is 133 cm³/mol. The Hall–Kier alpha value is -3.30. The highest BCUT2D eigenvalue weighted by molar-refractivity contribution is 7.89. The number of rotatable bonds is 6. The fourth-order valence-corrected chi connectivity index (χ4v) is 5.97. The summed E-state index contributed by atoms with van der Waals surface area (Å²) < 4.78 is 47.4. The maximum absolute atomic E-state index is 13.9. The third-order valence-corrected chi connectivity index (χ3v) is 8.27. The number of anilines is 1. The summed E-state index contributed by atoms with van der Waals surface area (Å²) in [5.41, 5.74) is 3.40. The SMILES string of the molecule is Cc1ccc(NC(=O)C2CCN(S(=O)(=O)c3c(C)noc3/C=C/c3ccccc3F)CC2)c(C)c1. The number of amides is 1. The monoisotopic (exact) mass is 497 g/mol. The molecule has 0 atom stereocenters. The summed E-state index contributed by atoms with van der Waals surface area (Å²) >= 11 is 0. The highest BCUT2D eigenvalue weighted by atomic mass is 32.2. The molecule has 0 radical (unpaired) electrons. The van der Waals surface area contributed by atoms with Gasteiger partial charge in [0.05, 0.1) is 0 Å². The second-order valence-electron chi connectivity index (χ2n) is 8.80. The van der Waals surface area contributed by atoms with E-state index in [0.717, 1.165) is 16.8 Å². The van der Waals surface area contributed by atoms with Gasteiger partial charge in [0, 0.05) is 30.3 Å². The van der Waals surface area contributed by atoms with Crippen LogP contribution in [0.4, 0.5) is 10.1 Å². The summed E-state index contributed by atoms with van der Waals surface area (Å²) in [6.45, 7) is 5.90. The van der Waals surface area contributed by atoms with Crippen molar-refractivity contribution in [3.63, 3.8) is 0 Å². The molecule has 0 aliphatic carbocycles. The van der Waals surface area contributed by atoms with Crippen molar-refractivity contribution in [3.8, 4) is 0 Å². The number of halogens is 1. The molecule has 0 saturated carbocycles. The smallest absolute Gasteiger partial charge is 0.248 e. The fourth-order valence-electron chi connectivity index (χ4n) is 4.25. The minimum atomic E-state index is -3.91. The van der Waals surface area contributed by atoms with Gasteiger partial charge in [-0.25, -0.2) is 12.8 Å². The topological polar surface area (TPSA) is 92.5 Å². The van der Waals surface area contributed by atoms with Crippen molar-refractivity contribution in [2.24, 2.45) is 5.92 Å². The highest BCUT2D eigenvalue weighted by Gasteiger charge is 2.36. The van der Waals surface area contributed by atoms with Gasteiger partial charge >= 0.3 is 0 Å². The molecule has 1 N–H and O–H groups in total. The number of hydrogen-bond donors (Lipinski definition) is 1. The number of nitrogens with one attached hydrogen (secondary N) is 1. The van der Waals surface area contributed by atoms with E-state index in [1.165, 1.54) is 22.5 Å². The van der Waals surface area contributed by atoms with Crippen molar-refractivity contribution in [2.75, 3.05) is 18.4 Å². The minimum Gasteiger partial charge on any atom is -0.355 e. The first-order valence-electron chi connectivity index (χ1n) is 11.4. The van der Waals surface area contributed by atoms with Crippen molar-refractivity contribution >= 4 is 33.8 Å². The lowest BCUT2D eigenvalue weighted by atomic mass is 9.97. The van der Waals surface area contributed by atoms with Crippen LogP contribution in [0.5, 0.6) is 0 Å². The minimum absolute atomic E-state index is 0.0386. The molecule has 1 fully saturated rings. The van der Waals surface area contributed by atoms with Gasteiger partial charge in [0.25, 0.3) is 0 Å². The number of piperidine rings is 1. The van der Waals surface area contributed by atoms with Crippen LogP contribution in [0.15, 0.2) is 51.9 Å². The number of hydrogen-bond acceptors (Lipinski definition) is 5. The Balaban J connectivity index is 1.46. The molecule has 1 aromatic heterocycles. The third kappa shape index (κ3) is 5.36. The van der Waals surface area contributed by atoms with E-state index in [1.807, 2.05) is 32.0 Å². The number of aromatic nitrogens is 1. The van der Waals surface area contributed by atoms with Gasteiger partial charge in [-0.1, -0.05) is 41.1 Å². The first kappa shape index (κ1) is 24.8. The lowest BCUT2D eigenvalue weighted by Crippen LogP contribution is -2.41. The van der Waals surface area contributed by atoms with Gasteiger partial charge in [0.2, 0.25) is 15.9 Å². The maximum Gasteiger partial charge on any atom is 0.248 e. The van der Waals surface area contributed by atoms with E-state index in [9.17, 15) is 17.6 Å². The van der Waals surface area contributed by atoms with Gasteiger partial charge in [-0.2, -0.15) is 4.31 Å². The predicted octanol–water partition coefficient (Wildman–Crippen LogP) is 4.95. The highest BCUT2D eigenvalue weighted by Crippen LogP contribution is 2.30. The van der Waals surface area contributed by atoms with Crippen LogP contribution in [0.2, 0.25) is 0 Å². The van der Waals surface area contributed by atoms with Crippen molar-refractivity contribution in [1.82, 2.24) is 9.46 Å². The van der Waals surface area contributed by atoms with E-state index in [4.69, 9.17) is 4.52 Å². The second kappa shape index (κ2) is 10.1. The molecular weight excluding hydrogens is 469 g/mol. The van der Waals surface area contributed by atoms with E-state index >= 15 is 0 Å². The van der Waals surface area contributed by atoms with Gasteiger partial charge in [0.1, 0.15) is 11.5 Å². The molecule has 7 nitrogen and oxygen atoms in total. The molecule has 2 aromatic carbocycles. The van der Waals surface area contributed by atoms with Crippen LogP contribution in [0, 0.1) is 32.5 Å². The Bertz CT molecular complexity index is 1370. The van der Waals surface area contributed by atoms with Gasteiger partial charge in [-0.15, -0.1) is 0 Å². The third-order valence-electron chi connectivity index (χ3n) is 6.22. The first-order chi connectivity index (χ1) is 16.7. The molecule has 3 aromatic rings. The zero-order valence-corrected chi connectivity index (χ0v) is 20.7. The molecule has 1 aliphatic heterocycles. The summed E-state index contributed by atoms with van der Waals surface area (Å²) in [6, 6.07) is 12.0. The van der Waals surface area contributed by atoms with Crippen molar-refractivity contribution in [1.29, 1.82) is 0 Å². The molecule has 4 rings (SSSR count). The molecule has 1 saturated heterocycles. The van der Waals surface area contributed by atoms with Gasteiger partial charge in [0.15, 0.2) is 10.7 Å². The molecule has 0 bridgehead atoms. The summed E-state index contributed by atoms with van der Waals surface area (Å²) in [5, 5.41) is 6.80. The summed E-state index contributed by atoms with van der Waals surface area (Å²) in [5.74, 6) is -0.777. The summed E-state index contributed by atoms with van der Waals surface area (Å²) in [6.07, 6.45) is 3.68. The van der Waals surface area contributed by atoms with Crippen LogP contribution in [0.3, 0.4) is 0 Å². The molecule has 9 heteroatoms. The molecule has 0 spiro atoms. The average Bonchev–Trinajstić information content (AvgIpc) is 3.21. The van der Waals surface area contributed by atoms with Crippen LogP contribution in [0.25, 0.3) is 12.2 Å². The second-order valence-corrected chi connectivity index (χ2v) is 10.7. The van der Waals surface area contributed by atoms with Crippen LogP contribution < -0.4 is 5.32 Å². The Labute approximate surface area is 204 Å². The van der Waals surface area contributed by atoms with Crippen molar-refractivity contribution in [3.05, 3.63) is 76.4 Å². The van der Waals surface area contributed by atoms with E-state index in [-0.39, 0.29) is 41.3 Å². The van der Waals surface area contributed by atoms with Crippen molar-refractivity contribution < 1.29 is 22.1 Å². The van der Waals surface area contributed by atoms with E-state index in [0.29, 0.717) is 18.4 Å². The Morgan fingerprint density at radius 1 is 1.11 bits per heavy atom. The number of aryl methyl sites for hydroxylation is 3.